The van der Waals surface area contributed by atoms with Crippen LogP contribution < -0.4 is 20.5 Å². The zero-order chi connectivity index (χ0) is 23.5. The second-order valence-electron chi connectivity index (χ2n) is 7.78. The van der Waals surface area contributed by atoms with Gasteiger partial charge in [-0.05, 0) is 56.9 Å². The lowest BCUT2D eigenvalue weighted by molar-refractivity contribution is 0.0881. The van der Waals surface area contributed by atoms with Crippen molar-refractivity contribution < 1.29 is 19.1 Å². The number of aromatic nitrogens is 3. The van der Waals surface area contributed by atoms with Gasteiger partial charge in [0.05, 0.1) is 30.3 Å². The molecule has 0 saturated heterocycles. The Morgan fingerprint density at radius 1 is 1.21 bits per heavy atom. The second kappa shape index (κ2) is 9.80. The molecule has 11 heteroatoms. The molecular weight excluding hydrogens is 466 g/mol. The highest BCUT2D eigenvalue weighted by Gasteiger charge is 2.28. The first kappa shape index (κ1) is 23.1. The van der Waals surface area contributed by atoms with Crippen LogP contribution in [-0.4, -0.2) is 45.8 Å². The number of carbonyl (C=O) groups is 2. The van der Waals surface area contributed by atoms with E-state index in [1.54, 1.807) is 23.0 Å². The third-order valence-electron chi connectivity index (χ3n) is 5.59. The lowest BCUT2D eigenvalue weighted by Crippen LogP contribution is -2.40. The molecule has 0 spiro atoms. The first-order chi connectivity index (χ1) is 15.9. The normalized spacial score (nSPS) is 18.0. The Labute approximate surface area is 199 Å². The highest BCUT2D eigenvalue weighted by atomic mass is 35.5. The van der Waals surface area contributed by atoms with E-state index in [0.29, 0.717) is 28.6 Å². The maximum absolute atomic E-state index is 12.9. The van der Waals surface area contributed by atoms with E-state index < -0.39 is 5.91 Å². The van der Waals surface area contributed by atoms with E-state index in [2.05, 4.69) is 15.4 Å². The minimum Gasteiger partial charge on any atom is -0.473 e. The summed E-state index contributed by atoms with van der Waals surface area (Å²) in [5, 5.41) is 8.43. The molecule has 1 fully saturated rings. The standard InChI is InChI=1S/C22H24ClN5O4S/c1-12-17(11-25-28(12)15-7-3-13(23)4-8-15)20(30)26-14-5-9-16(10-6-14)32-21-18(19(24)29)33-22(27-21)31-2/h3-4,7-8,11,14,16H,5-6,9-10H2,1-2H3,(H2,24,29)(H,26,30). The van der Waals surface area contributed by atoms with Crippen LogP contribution in [0.3, 0.4) is 0 Å². The number of carbonyl (C=O) groups excluding carboxylic acids is 2. The van der Waals surface area contributed by atoms with E-state index >= 15 is 0 Å². The zero-order valence-corrected chi connectivity index (χ0v) is 19.8. The molecule has 2 amide bonds. The fraction of sp³-hybridized carbons (Fsp3) is 0.364. The summed E-state index contributed by atoms with van der Waals surface area (Å²) in [6, 6.07) is 7.30. The summed E-state index contributed by atoms with van der Waals surface area (Å²) in [5.41, 5.74) is 7.53. The number of halogens is 1. The van der Waals surface area contributed by atoms with Crippen molar-refractivity contribution in [2.24, 2.45) is 5.73 Å². The number of primary amides is 1. The van der Waals surface area contributed by atoms with Crippen molar-refractivity contribution in [1.29, 1.82) is 0 Å². The number of methoxy groups -OCH3 is 1. The number of nitrogens with one attached hydrogen (secondary N) is 1. The van der Waals surface area contributed by atoms with Gasteiger partial charge in [0.25, 0.3) is 17.0 Å². The summed E-state index contributed by atoms with van der Waals surface area (Å²) in [6.07, 6.45) is 4.38. The number of benzene rings is 1. The van der Waals surface area contributed by atoms with E-state index in [4.69, 9.17) is 26.8 Å². The van der Waals surface area contributed by atoms with Crippen LogP contribution in [0.15, 0.2) is 30.5 Å². The Bertz CT molecular complexity index is 1150. The van der Waals surface area contributed by atoms with E-state index in [-0.39, 0.29) is 28.8 Å². The Hall–Kier alpha value is -3.11. The van der Waals surface area contributed by atoms with Gasteiger partial charge in [-0.1, -0.05) is 22.9 Å². The molecule has 0 aliphatic heterocycles. The van der Waals surface area contributed by atoms with Crippen molar-refractivity contribution in [3.05, 3.63) is 51.6 Å². The summed E-state index contributed by atoms with van der Waals surface area (Å²) in [4.78, 5) is 28.9. The van der Waals surface area contributed by atoms with Crippen LogP contribution in [0.4, 0.5) is 0 Å². The quantitative estimate of drug-likeness (QED) is 0.523. The molecule has 33 heavy (non-hydrogen) atoms. The lowest BCUT2D eigenvalue weighted by atomic mass is 9.92. The van der Waals surface area contributed by atoms with E-state index in [9.17, 15) is 9.59 Å². The summed E-state index contributed by atoms with van der Waals surface area (Å²) in [6.45, 7) is 1.86. The Balaban J connectivity index is 1.34. The number of ether oxygens (including phenoxy) is 2. The Kier molecular flexibility index (Phi) is 6.85. The molecular formula is C22H24ClN5O4S. The number of nitrogens with zero attached hydrogens (tertiary/aromatic N) is 3. The second-order valence-corrected chi connectivity index (χ2v) is 9.18. The Morgan fingerprint density at radius 2 is 1.91 bits per heavy atom. The van der Waals surface area contributed by atoms with Crippen LogP contribution in [-0.2, 0) is 0 Å². The molecule has 0 unspecified atom stereocenters. The summed E-state index contributed by atoms with van der Waals surface area (Å²) < 4.78 is 12.7. The highest BCUT2D eigenvalue weighted by Crippen LogP contribution is 2.33. The number of hydrogen-bond donors (Lipinski definition) is 2. The van der Waals surface area contributed by atoms with Gasteiger partial charge in [-0.15, -0.1) is 0 Å². The van der Waals surface area contributed by atoms with Crippen LogP contribution in [0.5, 0.6) is 11.1 Å². The molecule has 2 aromatic heterocycles. The third-order valence-corrected chi connectivity index (χ3v) is 6.85. The maximum atomic E-state index is 12.9. The first-order valence-corrected chi connectivity index (χ1v) is 11.7. The van der Waals surface area contributed by atoms with Gasteiger partial charge >= 0.3 is 0 Å². The van der Waals surface area contributed by atoms with Crippen LogP contribution in [0.2, 0.25) is 5.02 Å². The summed E-state index contributed by atoms with van der Waals surface area (Å²) in [5.74, 6) is -0.541. The topological polar surface area (TPSA) is 121 Å². The molecule has 0 radical (unpaired) electrons. The number of amides is 2. The van der Waals surface area contributed by atoms with Crippen LogP contribution in [0.1, 0.15) is 51.4 Å². The smallest absolute Gasteiger partial charge is 0.277 e. The Morgan fingerprint density at radius 3 is 2.55 bits per heavy atom. The largest absolute Gasteiger partial charge is 0.473 e. The molecule has 1 aliphatic rings. The average Bonchev–Trinajstić information content (AvgIpc) is 3.39. The molecule has 1 saturated carbocycles. The molecule has 174 valence electrons. The molecule has 9 nitrogen and oxygen atoms in total. The highest BCUT2D eigenvalue weighted by molar-refractivity contribution is 7.15. The molecule has 0 bridgehead atoms. The molecule has 3 N–H and O–H groups in total. The number of nitrogens with two attached hydrogens (primary N) is 1. The zero-order valence-electron chi connectivity index (χ0n) is 18.2. The van der Waals surface area contributed by atoms with Crippen molar-refractivity contribution in [3.8, 4) is 16.8 Å². The van der Waals surface area contributed by atoms with E-state index in [1.165, 1.54) is 7.11 Å². The van der Waals surface area contributed by atoms with Gasteiger partial charge in [-0.3, -0.25) is 9.59 Å². The first-order valence-electron chi connectivity index (χ1n) is 10.5. The van der Waals surface area contributed by atoms with Crippen LogP contribution >= 0.6 is 22.9 Å². The molecule has 1 aliphatic carbocycles. The van der Waals surface area contributed by atoms with Gasteiger partial charge in [0.15, 0.2) is 4.88 Å². The molecule has 2 heterocycles. The maximum Gasteiger partial charge on any atom is 0.277 e. The van der Waals surface area contributed by atoms with Gasteiger partial charge in [-0.2, -0.15) is 10.1 Å². The minimum absolute atomic E-state index is 0.0243. The van der Waals surface area contributed by atoms with Crippen LogP contribution in [0.25, 0.3) is 5.69 Å². The fourth-order valence-corrected chi connectivity index (χ4v) is 4.63. The fourth-order valence-electron chi connectivity index (χ4n) is 3.83. The van der Waals surface area contributed by atoms with Crippen molar-refractivity contribution in [3.63, 3.8) is 0 Å². The molecule has 1 aromatic carbocycles. The van der Waals surface area contributed by atoms with Gasteiger partial charge in [0, 0.05) is 11.1 Å². The number of thiazole rings is 1. The van der Waals surface area contributed by atoms with Gasteiger partial charge in [0.1, 0.15) is 6.10 Å². The number of rotatable bonds is 7. The SMILES string of the molecule is COc1nc(OC2CCC(NC(=O)c3cnn(-c4ccc(Cl)cc4)c3C)CC2)c(C(N)=O)s1. The van der Waals surface area contributed by atoms with E-state index in [1.807, 2.05) is 19.1 Å². The van der Waals surface area contributed by atoms with Gasteiger partial charge < -0.3 is 20.5 Å². The average molecular weight is 490 g/mol. The summed E-state index contributed by atoms with van der Waals surface area (Å²) in [7, 11) is 1.47. The van der Waals surface area contributed by atoms with Gasteiger partial charge in [-0.25, -0.2) is 4.68 Å². The summed E-state index contributed by atoms with van der Waals surface area (Å²) >= 11 is 7.02. The van der Waals surface area contributed by atoms with Crippen molar-refractivity contribution in [2.45, 2.75) is 44.8 Å². The molecule has 3 aromatic rings. The predicted octanol–water partition coefficient (Wildman–Crippen LogP) is 3.52. The van der Waals surface area contributed by atoms with Crippen LogP contribution in [0, 0.1) is 6.92 Å². The van der Waals surface area contributed by atoms with Crippen molar-refractivity contribution >= 4 is 34.8 Å². The number of hydrogen-bond acceptors (Lipinski definition) is 7. The monoisotopic (exact) mass is 489 g/mol. The minimum atomic E-state index is -0.596. The van der Waals surface area contributed by atoms with Gasteiger partial charge in [0.2, 0.25) is 5.88 Å². The molecule has 0 atom stereocenters. The lowest BCUT2D eigenvalue weighted by Gasteiger charge is -2.29. The molecule has 4 rings (SSSR count). The van der Waals surface area contributed by atoms with Crippen molar-refractivity contribution in [1.82, 2.24) is 20.1 Å². The van der Waals surface area contributed by atoms with Crippen molar-refractivity contribution in [2.75, 3.05) is 7.11 Å². The van der Waals surface area contributed by atoms with E-state index in [0.717, 1.165) is 35.6 Å². The third kappa shape index (κ3) is 5.12. The predicted molar refractivity (Wildman–Crippen MR) is 125 cm³/mol.